The first-order valence-electron chi connectivity index (χ1n) is 8.83. The summed E-state index contributed by atoms with van der Waals surface area (Å²) in [6.07, 6.45) is 3.32. The Balaban J connectivity index is 1.68. The van der Waals surface area contributed by atoms with Gasteiger partial charge in [-0.15, -0.1) is 0 Å². The predicted molar refractivity (Wildman–Crippen MR) is 111 cm³/mol. The van der Waals surface area contributed by atoms with E-state index in [1.165, 1.54) is 23.9 Å². The molecule has 1 fully saturated rings. The van der Waals surface area contributed by atoms with Crippen LogP contribution in [0.4, 0.5) is 10.1 Å². The van der Waals surface area contributed by atoms with Crippen molar-refractivity contribution >= 4 is 44.5 Å². The van der Waals surface area contributed by atoms with E-state index in [0.29, 0.717) is 28.8 Å². The Morgan fingerprint density at radius 2 is 2.25 bits per heavy atom. The first-order chi connectivity index (χ1) is 13.5. The summed E-state index contributed by atoms with van der Waals surface area (Å²) in [7, 11) is 0. The zero-order valence-electron chi connectivity index (χ0n) is 14.8. The SMILES string of the molecule is NC1=N[C@@]2(c3cc(NC(=O)c4ccc(Br)cn4)ccc3F)OCCC[C@@H]2CS1. The Morgan fingerprint density at radius 1 is 1.39 bits per heavy atom. The van der Waals surface area contributed by atoms with E-state index in [1.54, 1.807) is 24.4 Å². The molecule has 0 unspecified atom stereocenters. The van der Waals surface area contributed by atoms with Crippen LogP contribution in [0, 0.1) is 11.7 Å². The van der Waals surface area contributed by atoms with Crippen molar-refractivity contribution in [1.82, 2.24) is 4.98 Å². The minimum absolute atomic E-state index is 0.0205. The summed E-state index contributed by atoms with van der Waals surface area (Å²) in [6, 6.07) is 7.74. The molecule has 0 bridgehead atoms. The quantitative estimate of drug-likeness (QED) is 0.719. The van der Waals surface area contributed by atoms with E-state index in [4.69, 9.17) is 10.5 Å². The van der Waals surface area contributed by atoms with Crippen LogP contribution in [0.5, 0.6) is 0 Å². The first kappa shape index (κ1) is 19.4. The number of nitrogens with two attached hydrogens (primary N) is 1. The Hall–Kier alpha value is -1.97. The number of amidine groups is 1. The van der Waals surface area contributed by atoms with Crippen LogP contribution >= 0.6 is 27.7 Å². The number of hydrogen-bond donors (Lipinski definition) is 2. The van der Waals surface area contributed by atoms with Crippen molar-refractivity contribution in [2.24, 2.45) is 16.6 Å². The molecule has 3 heterocycles. The average molecular weight is 465 g/mol. The summed E-state index contributed by atoms with van der Waals surface area (Å²) in [4.78, 5) is 21.1. The van der Waals surface area contributed by atoms with Crippen molar-refractivity contribution in [2.45, 2.75) is 18.6 Å². The minimum atomic E-state index is -1.14. The van der Waals surface area contributed by atoms with Crippen LogP contribution in [0.15, 0.2) is 46.0 Å². The second-order valence-corrected chi connectivity index (χ2v) is 8.61. The van der Waals surface area contributed by atoms with Crippen LogP contribution in [-0.2, 0) is 10.5 Å². The third-order valence-corrected chi connectivity index (χ3v) is 6.28. The standard InChI is InChI=1S/C19H18BrFN4O2S/c20-12-3-6-16(23-9-12)17(26)24-13-4-5-15(21)14(8-13)19-11(2-1-7-27-19)10-28-18(22)25-19/h3-6,8-9,11H,1-2,7,10H2,(H2,22,25)(H,24,26)/t11-,19-/m1/s1. The molecule has 0 aliphatic carbocycles. The highest BCUT2D eigenvalue weighted by atomic mass is 79.9. The number of halogens is 2. The van der Waals surface area contributed by atoms with Crippen LogP contribution in [-0.4, -0.2) is 28.4 Å². The van der Waals surface area contributed by atoms with E-state index in [0.717, 1.165) is 17.3 Å². The average Bonchev–Trinajstić information content (AvgIpc) is 2.69. The molecule has 1 aromatic carbocycles. The lowest BCUT2D eigenvalue weighted by molar-refractivity contribution is -0.115. The summed E-state index contributed by atoms with van der Waals surface area (Å²) in [5.74, 6) is -0.0816. The number of carbonyl (C=O) groups excluding carboxylic acids is 1. The normalized spacial score (nSPS) is 24.2. The summed E-state index contributed by atoms with van der Waals surface area (Å²) in [5.41, 5.74) is 5.80. The Kier molecular flexibility index (Phi) is 5.39. The summed E-state index contributed by atoms with van der Waals surface area (Å²) < 4.78 is 21.6. The second-order valence-electron chi connectivity index (χ2n) is 6.66. The maximum Gasteiger partial charge on any atom is 0.274 e. The fraction of sp³-hybridized carbons (Fsp3) is 0.316. The van der Waals surface area contributed by atoms with E-state index in [2.05, 4.69) is 31.2 Å². The maximum atomic E-state index is 14.8. The molecule has 9 heteroatoms. The van der Waals surface area contributed by atoms with Crippen molar-refractivity contribution in [1.29, 1.82) is 0 Å². The van der Waals surface area contributed by atoms with Gasteiger partial charge in [0.2, 0.25) is 0 Å². The van der Waals surface area contributed by atoms with Crippen LogP contribution < -0.4 is 11.1 Å². The molecule has 2 aliphatic rings. The van der Waals surface area contributed by atoms with Gasteiger partial charge < -0.3 is 15.8 Å². The number of hydrogen-bond acceptors (Lipinski definition) is 6. The molecule has 0 saturated carbocycles. The number of amides is 1. The number of nitrogens with one attached hydrogen (secondary N) is 1. The molecule has 146 valence electrons. The fourth-order valence-corrected chi connectivity index (χ4v) is 4.71. The van der Waals surface area contributed by atoms with E-state index in [9.17, 15) is 9.18 Å². The monoisotopic (exact) mass is 464 g/mol. The topological polar surface area (TPSA) is 89.6 Å². The molecule has 2 aromatic rings. The maximum absolute atomic E-state index is 14.8. The number of nitrogens with zero attached hydrogens (tertiary/aromatic N) is 2. The van der Waals surface area contributed by atoms with Crippen molar-refractivity contribution < 1.29 is 13.9 Å². The number of benzene rings is 1. The van der Waals surface area contributed by atoms with Crippen LogP contribution in [0.1, 0.15) is 28.9 Å². The molecule has 1 amide bonds. The van der Waals surface area contributed by atoms with Crippen molar-refractivity contribution in [3.05, 3.63) is 58.1 Å². The molecule has 2 atom stereocenters. The molecule has 1 aromatic heterocycles. The van der Waals surface area contributed by atoms with Gasteiger partial charge in [-0.2, -0.15) is 0 Å². The molecule has 1 saturated heterocycles. The highest BCUT2D eigenvalue weighted by Crippen LogP contribution is 2.47. The van der Waals surface area contributed by atoms with E-state index < -0.39 is 11.5 Å². The van der Waals surface area contributed by atoms with Gasteiger partial charge in [-0.3, -0.25) is 4.79 Å². The van der Waals surface area contributed by atoms with E-state index in [-0.39, 0.29) is 17.5 Å². The zero-order chi connectivity index (χ0) is 19.7. The molecule has 0 spiro atoms. The number of carbonyl (C=O) groups is 1. The van der Waals surface area contributed by atoms with Gasteiger partial charge in [0.15, 0.2) is 10.9 Å². The fourth-order valence-electron chi connectivity index (χ4n) is 3.51. The highest BCUT2D eigenvalue weighted by Gasteiger charge is 2.48. The number of fused-ring (bicyclic) bond motifs is 1. The van der Waals surface area contributed by atoms with E-state index in [1.807, 2.05) is 0 Å². The van der Waals surface area contributed by atoms with Crippen LogP contribution in [0.2, 0.25) is 0 Å². The number of aliphatic imine (C=N–C) groups is 1. The number of thioether (sulfide) groups is 1. The largest absolute Gasteiger partial charge is 0.378 e. The smallest absolute Gasteiger partial charge is 0.274 e. The van der Waals surface area contributed by atoms with Gasteiger partial charge in [-0.25, -0.2) is 14.4 Å². The third-order valence-electron chi connectivity index (χ3n) is 4.85. The number of rotatable bonds is 3. The Morgan fingerprint density at radius 3 is 3.04 bits per heavy atom. The molecule has 2 aliphatic heterocycles. The molecule has 3 N–H and O–H groups in total. The zero-order valence-corrected chi connectivity index (χ0v) is 17.2. The highest BCUT2D eigenvalue weighted by molar-refractivity contribution is 9.10. The number of ether oxygens (including phenoxy) is 1. The van der Waals surface area contributed by atoms with Gasteiger partial charge >= 0.3 is 0 Å². The molecule has 6 nitrogen and oxygen atoms in total. The van der Waals surface area contributed by atoms with Gasteiger partial charge in [0, 0.05) is 40.2 Å². The molecule has 0 radical (unpaired) electrons. The molecular formula is C19H18BrFN4O2S. The lowest BCUT2D eigenvalue weighted by Gasteiger charge is -2.43. The molecule has 4 rings (SSSR count). The van der Waals surface area contributed by atoms with Gasteiger partial charge in [-0.05, 0) is 59.1 Å². The van der Waals surface area contributed by atoms with E-state index >= 15 is 0 Å². The van der Waals surface area contributed by atoms with Gasteiger partial charge in [0.25, 0.3) is 5.91 Å². The Labute approximate surface area is 174 Å². The summed E-state index contributed by atoms with van der Waals surface area (Å²) >= 11 is 4.74. The second kappa shape index (κ2) is 7.81. The summed E-state index contributed by atoms with van der Waals surface area (Å²) in [6.45, 7) is 0.483. The number of aromatic nitrogens is 1. The van der Waals surface area contributed by atoms with Gasteiger partial charge in [-0.1, -0.05) is 11.8 Å². The van der Waals surface area contributed by atoms with Crippen molar-refractivity contribution in [3.8, 4) is 0 Å². The lowest BCUT2D eigenvalue weighted by Crippen LogP contribution is -2.46. The lowest BCUT2D eigenvalue weighted by atomic mass is 9.84. The van der Waals surface area contributed by atoms with Crippen molar-refractivity contribution in [2.75, 3.05) is 17.7 Å². The molecule has 28 heavy (non-hydrogen) atoms. The summed E-state index contributed by atoms with van der Waals surface area (Å²) in [5, 5.41) is 3.14. The van der Waals surface area contributed by atoms with Crippen LogP contribution in [0.3, 0.4) is 0 Å². The number of anilines is 1. The minimum Gasteiger partial charge on any atom is -0.378 e. The van der Waals surface area contributed by atoms with Gasteiger partial charge in [0.1, 0.15) is 11.5 Å². The number of pyridine rings is 1. The van der Waals surface area contributed by atoms with Crippen LogP contribution in [0.25, 0.3) is 0 Å². The van der Waals surface area contributed by atoms with Crippen molar-refractivity contribution in [3.63, 3.8) is 0 Å². The van der Waals surface area contributed by atoms with Gasteiger partial charge in [0.05, 0.1) is 0 Å². The first-order valence-corrected chi connectivity index (χ1v) is 10.6. The third kappa shape index (κ3) is 3.66. The molecular weight excluding hydrogens is 447 g/mol. The predicted octanol–water partition coefficient (Wildman–Crippen LogP) is 3.88. The Bertz CT molecular complexity index is 940.